The fourth-order valence-corrected chi connectivity index (χ4v) is 2.46. The van der Waals surface area contributed by atoms with E-state index in [1.807, 2.05) is 13.8 Å². The summed E-state index contributed by atoms with van der Waals surface area (Å²) in [5.41, 5.74) is 5.48. The molecule has 1 aliphatic heterocycles. The van der Waals surface area contributed by atoms with Gasteiger partial charge in [0.1, 0.15) is 5.84 Å². The highest BCUT2D eigenvalue weighted by atomic mass is 16.4. The van der Waals surface area contributed by atoms with Crippen molar-refractivity contribution in [2.75, 3.05) is 19.6 Å². The Morgan fingerprint density at radius 1 is 1.53 bits per heavy atom. The van der Waals surface area contributed by atoms with E-state index in [1.54, 1.807) is 0 Å². The summed E-state index contributed by atoms with van der Waals surface area (Å²) in [6.07, 6.45) is 4.72. The summed E-state index contributed by atoms with van der Waals surface area (Å²) in [6, 6.07) is 0. The summed E-state index contributed by atoms with van der Waals surface area (Å²) in [5.74, 6) is 1.23. The third kappa shape index (κ3) is 4.19. The lowest BCUT2D eigenvalue weighted by molar-refractivity contribution is 0.286. The molecule has 1 fully saturated rings. The predicted octanol–water partition coefficient (Wildman–Crippen LogP) is 2.27. The van der Waals surface area contributed by atoms with Gasteiger partial charge < -0.3 is 15.8 Å². The summed E-state index contributed by atoms with van der Waals surface area (Å²) in [4.78, 5) is 2.54. The number of likely N-dealkylation sites (tertiary alicyclic amines) is 1. The van der Waals surface area contributed by atoms with Crippen LogP contribution >= 0.6 is 0 Å². The van der Waals surface area contributed by atoms with Crippen molar-refractivity contribution in [3.8, 4) is 0 Å². The molecular formula is C13H27N3O. The van der Waals surface area contributed by atoms with Crippen LogP contribution in [-0.4, -0.2) is 35.6 Å². The minimum absolute atomic E-state index is 0.196. The number of rotatable bonds is 6. The summed E-state index contributed by atoms with van der Waals surface area (Å²) >= 11 is 0. The van der Waals surface area contributed by atoms with Gasteiger partial charge in [-0.25, -0.2) is 0 Å². The molecule has 0 spiro atoms. The Bertz CT molecular complexity index is 263. The van der Waals surface area contributed by atoms with Crippen LogP contribution in [0, 0.1) is 11.3 Å². The second kappa shape index (κ2) is 6.24. The van der Waals surface area contributed by atoms with E-state index in [2.05, 4.69) is 17.0 Å². The minimum Gasteiger partial charge on any atom is -0.409 e. The maximum absolute atomic E-state index is 8.70. The van der Waals surface area contributed by atoms with Gasteiger partial charge in [0, 0.05) is 12.0 Å². The monoisotopic (exact) mass is 241 g/mol. The van der Waals surface area contributed by atoms with Crippen molar-refractivity contribution in [2.24, 2.45) is 22.2 Å². The first-order chi connectivity index (χ1) is 7.99. The first-order valence-corrected chi connectivity index (χ1v) is 6.70. The topological polar surface area (TPSA) is 61.8 Å². The Hall–Kier alpha value is -0.770. The van der Waals surface area contributed by atoms with Crippen molar-refractivity contribution in [3.05, 3.63) is 0 Å². The largest absolute Gasteiger partial charge is 0.409 e. The van der Waals surface area contributed by atoms with Crippen molar-refractivity contribution in [1.82, 2.24) is 4.90 Å². The van der Waals surface area contributed by atoms with Crippen molar-refractivity contribution in [1.29, 1.82) is 0 Å². The van der Waals surface area contributed by atoms with Gasteiger partial charge in [0.05, 0.1) is 0 Å². The average Bonchev–Trinajstić information content (AvgIpc) is 2.75. The second-order valence-corrected chi connectivity index (χ2v) is 5.84. The molecule has 1 heterocycles. The molecule has 1 aliphatic rings. The van der Waals surface area contributed by atoms with Crippen LogP contribution in [0.1, 0.15) is 46.5 Å². The first kappa shape index (κ1) is 14.3. The number of nitrogens with zero attached hydrogens (tertiary/aromatic N) is 2. The fraction of sp³-hybridized carbons (Fsp3) is 0.923. The van der Waals surface area contributed by atoms with E-state index in [9.17, 15) is 0 Å². The van der Waals surface area contributed by atoms with Crippen LogP contribution < -0.4 is 5.73 Å². The fourth-order valence-electron chi connectivity index (χ4n) is 2.46. The average molecular weight is 241 g/mol. The van der Waals surface area contributed by atoms with Gasteiger partial charge in [-0.2, -0.15) is 0 Å². The zero-order valence-electron chi connectivity index (χ0n) is 11.4. The second-order valence-electron chi connectivity index (χ2n) is 5.84. The molecule has 0 saturated carbocycles. The molecular weight excluding hydrogens is 214 g/mol. The minimum atomic E-state index is -0.196. The Morgan fingerprint density at radius 2 is 2.24 bits per heavy atom. The van der Waals surface area contributed by atoms with Crippen LogP contribution in [0.25, 0.3) is 0 Å². The lowest BCUT2D eigenvalue weighted by Gasteiger charge is -2.24. The molecule has 0 amide bonds. The van der Waals surface area contributed by atoms with Gasteiger partial charge in [-0.1, -0.05) is 32.3 Å². The summed E-state index contributed by atoms with van der Waals surface area (Å²) in [6.45, 7) is 9.96. The van der Waals surface area contributed by atoms with Crippen LogP contribution in [0.15, 0.2) is 5.16 Å². The van der Waals surface area contributed by atoms with Gasteiger partial charge in [-0.3, -0.25) is 0 Å². The molecule has 0 aliphatic carbocycles. The molecule has 100 valence electrons. The van der Waals surface area contributed by atoms with E-state index >= 15 is 0 Å². The molecule has 0 radical (unpaired) electrons. The van der Waals surface area contributed by atoms with Gasteiger partial charge in [-0.15, -0.1) is 0 Å². The third-order valence-electron chi connectivity index (χ3n) is 4.02. The van der Waals surface area contributed by atoms with E-state index in [0.717, 1.165) is 25.3 Å². The van der Waals surface area contributed by atoms with Crippen molar-refractivity contribution >= 4 is 5.84 Å². The van der Waals surface area contributed by atoms with E-state index < -0.39 is 0 Å². The number of hydrogen-bond donors (Lipinski definition) is 2. The zero-order valence-corrected chi connectivity index (χ0v) is 11.4. The Morgan fingerprint density at radius 3 is 2.76 bits per heavy atom. The summed E-state index contributed by atoms with van der Waals surface area (Å²) < 4.78 is 0. The molecule has 0 bridgehead atoms. The Kier molecular flexibility index (Phi) is 5.25. The van der Waals surface area contributed by atoms with Crippen molar-refractivity contribution in [2.45, 2.75) is 46.5 Å². The molecule has 0 aromatic carbocycles. The number of amidine groups is 1. The van der Waals surface area contributed by atoms with Crippen LogP contribution in [0.3, 0.4) is 0 Å². The van der Waals surface area contributed by atoms with Gasteiger partial charge in [0.25, 0.3) is 0 Å². The van der Waals surface area contributed by atoms with Gasteiger partial charge in [0.2, 0.25) is 0 Å². The number of oxime groups is 1. The first-order valence-electron chi connectivity index (χ1n) is 6.70. The van der Waals surface area contributed by atoms with Gasteiger partial charge >= 0.3 is 0 Å². The SMILES string of the molecule is CCC1CCN(CCCC(C)(C)C(N)=NO)C1. The number of hydrogen-bond acceptors (Lipinski definition) is 3. The van der Waals surface area contributed by atoms with E-state index in [1.165, 1.54) is 25.9 Å². The quantitative estimate of drug-likeness (QED) is 0.324. The molecule has 1 saturated heterocycles. The normalized spacial score (nSPS) is 23.2. The Balaban J connectivity index is 2.24. The van der Waals surface area contributed by atoms with E-state index in [4.69, 9.17) is 10.9 Å². The molecule has 1 rings (SSSR count). The molecule has 0 aromatic rings. The standard InChI is InChI=1S/C13H27N3O/c1-4-11-6-9-16(10-11)8-5-7-13(2,3)12(14)15-17/h11,17H,4-10H2,1-3H3,(H2,14,15). The van der Waals surface area contributed by atoms with Crippen LogP contribution in [0.4, 0.5) is 0 Å². The van der Waals surface area contributed by atoms with Crippen LogP contribution in [-0.2, 0) is 0 Å². The van der Waals surface area contributed by atoms with Crippen LogP contribution in [0.2, 0.25) is 0 Å². The molecule has 17 heavy (non-hydrogen) atoms. The van der Waals surface area contributed by atoms with Gasteiger partial charge in [0.15, 0.2) is 0 Å². The van der Waals surface area contributed by atoms with E-state index in [-0.39, 0.29) is 5.41 Å². The highest BCUT2D eigenvalue weighted by Gasteiger charge is 2.25. The van der Waals surface area contributed by atoms with Crippen LogP contribution in [0.5, 0.6) is 0 Å². The molecule has 3 N–H and O–H groups in total. The summed E-state index contributed by atoms with van der Waals surface area (Å²) in [7, 11) is 0. The molecule has 1 atom stereocenters. The lowest BCUT2D eigenvalue weighted by Crippen LogP contribution is -2.33. The highest BCUT2D eigenvalue weighted by Crippen LogP contribution is 2.24. The molecule has 4 nitrogen and oxygen atoms in total. The smallest absolute Gasteiger partial charge is 0.144 e. The van der Waals surface area contributed by atoms with Crippen molar-refractivity contribution in [3.63, 3.8) is 0 Å². The van der Waals surface area contributed by atoms with Crippen molar-refractivity contribution < 1.29 is 5.21 Å². The highest BCUT2D eigenvalue weighted by molar-refractivity contribution is 5.85. The predicted molar refractivity (Wildman–Crippen MR) is 71.3 cm³/mol. The summed E-state index contributed by atoms with van der Waals surface area (Å²) in [5, 5.41) is 11.8. The third-order valence-corrected chi connectivity index (χ3v) is 4.02. The maximum Gasteiger partial charge on any atom is 0.144 e. The van der Waals surface area contributed by atoms with Gasteiger partial charge in [-0.05, 0) is 38.3 Å². The zero-order chi connectivity index (χ0) is 12.9. The Labute approximate surface area is 105 Å². The number of nitrogens with two attached hydrogens (primary N) is 1. The lowest BCUT2D eigenvalue weighted by atomic mass is 9.86. The molecule has 0 aromatic heterocycles. The molecule has 1 unspecified atom stereocenters. The molecule has 4 heteroatoms. The maximum atomic E-state index is 8.70. The van der Waals surface area contributed by atoms with E-state index in [0.29, 0.717) is 5.84 Å².